The number of nitrogens with zero attached hydrogens (tertiary/aromatic N) is 2. The van der Waals surface area contributed by atoms with Crippen LogP contribution in [0.2, 0.25) is 0 Å². The average molecular weight is 221 g/mol. The Morgan fingerprint density at radius 3 is 2.94 bits per heavy atom. The second-order valence-electron chi connectivity index (χ2n) is 3.87. The molecule has 0 bridgehead atoms. The lowest BCUT2D eigenvalue weighted by atomic mass is 10.2. The van der Waals surface area contributed by atoms with Crippen molar-refractivity contribution in [1.29, 1.82) is 0 Å². The summed E-state index contributed by atoms with van der Waals surface area (Å²) in [6.45, 7) is 10.8. The molecule has 88 valence electrons. The summed E-state index contributed by atoms with van der Waals surface area (Å²) < 4.78 is 0. The molecule has 0 radical (unpaired) electrons. The highest BCUT2D eigenvalue weighted by Gasteiger charge is 2.26. The fourth-order valence-electron chi connectivity index (χ4n) is 1.56. The first-order valence-electron chi connectivity index (χ1n) is 5.47. The summed E-state index contributed by atoms with van der Waals surface area (Å²) >= 11 is 0. The fourth-order valence-corrected chi connectivity index (χ4v) is 1.56. The number of carbonyl (C=O) groups excluding carboxylic acids is 1. The summed E-state index contributed by atoms with van der Waals surface area (Å²) in [5, 5.41) is 3.13. The standard InChI is InChI=1S/C12H19N3O/c1-5-11(8-14-9(2)3)15-7-6-13-10(4)12(15)16/h5,8,10,13H,2,6-7H2,1,3-4H3/b11-5+,14-8?. The van der Waals surface area contributed by atoms with Crippen molar-refractivity contribution in [2.45, 2.75) is 26.8 Å². The van der Waals surface area contributed by atoms with Crippen molar-refractivity contribution in [3.8, 4) is 0 Å². The van der Waals surface area contributed by atoms with Crippen LogP contribution in [0.3, 0.4) is 0 Å². The third-order valence-corrected chi connectivity index (χ3v) is 2.45. The molecule has 0 aromatic heterocycles. The van der Waals surface area contributed by atoms with Crippen molar-refractivity contribution in [1.82, 2.24) is 10.2 Å². The molecule has 0 aromatic carbocycles. The molecule has 4 nitrogen and oxygen atoms in total. The van der Waals surface area contributed by atoms with Crippen LogP contribution in [0.5, 0.6) is 0 Å². The molecule has 1 rings (SSSR count). The van der Waals surface area contributed by atoms with Crippen molar-refractivity contribution in [3.05, 3.63) is 24.0 Å². The van der Waals surface area contributed by atoms with E-state index in [1.807, 2.05) is 26.8 Å². The van der Waals surface area contributed by atoms with Crippen LogP contribution in [0.15, 0.2) is 29.0 Å². The number of amides is 1. The number of aliphatic imine (C=N–C) groups is 1. The summed E-state index contributed by atoms with van der Waals surface area (Å²) in [7, 11) is 0. The second-order valence-corrected chi connectivity index (χ2v) is 3.87. The van der Waals surface area contributed by atoms with E-state index in [2.05, 4.69) is 16.9 Å². The lowest BCUT2D eigenvalue weighted by Crippen LogP contribution is -2.53. The normalized spacial score (nSPS) is 22.9. The molecular formula is C12H19N3O. The van der Waals surface area contributed by atoms with E-state index in [4.69, 9.17) is 0 Å². The Balaban J connectivity index is 2.80. The first-order chi connectivity index (χ1) is 7.56. The molecular weight excluding hydrogens is 202 g/mol. The zero-order valence-electron chi connectivity index (χ0n) is 10.2. The third kappa shape index (κ3) is 3.03. The quantitative estimate of drug-likeness (QED) is 0.730. The molecule has 1 saturated heterocycles. The van der Waals surface area contributed by atoms with Crippen LogP contribution in [0.1, 0.15) is 20.8 Å². The number of nitrogens with one attached hydrogen (secondary N) is 1. The van der Waals surface area contributed by atoms with Crippen molar-refractivity contribution < 1.29 is 4.79 Å². The SMILES string of the molecule is C=C(C)N=C/C(=C\C)N1CCNC(C)C1=O. The van der Waals surface area contributed by atoms with Gasteiger partial charge in [-0.1, -0.05) is 12.7 Å². The van der Waals surface area contributed by atoms with Gasteiger partial charge in [0.2, 0.25) is 5.91 Å². The molecule has 4 heteroatoms. The summed E-state index contributed by atoms with van der Waals surface area (Å²) in [5.41, 5.74) is 1.57. The zero-order chi connectivity index (χ0) is 12.1. The molecule has 1 unspecified atom stereocenters. The maximum atomic E-state index is 11.9. The van der Waals surface area contributed by atoms with Crippen LogP contribution in [0, 0.1) is 0 Å². The van der Waals surface area contributed by atoms with Gasteiger partial charge in [0.15, 0.2) is 0 Å². The minimum atomic E-state index is -0.123. The molecule has 1 aliphatic heterocycles. The Morgan fingerprint density at radius 1 is 1.69 bits per heavy atom. The van der Waals surface area contributed by atoms with Crippen LogP contribution in [-0.2, 0) is 4.79 Å². The molecule has 16 heavy (non-hydrogen) atoms. The van der Waals surface area contributed by atoms with Crippen molar-refractivity contribution in [2.75, 3.05) is 13.1 Å². The van der Waals surface area contributed by atoms with E-state index in [-0.39, 0.29) is 11.9 Å². The Kier molecular flexibility index (Phi) is 4.43. The third-order valence-electron chi connectivity index (χ3n) is 2.45. The Hall–Kier alpha value is -1.42. The van der Waals surface area contributed by atoms with Gasteiger partial charge in [-0.05, 0) is 20.8 Å². The number of hydrogen-bond donors (Lipinski definition) is 1. The highest BCUT2D eigenvalue weighted by atomic mass is 16.2. The number of carbonyl (C=O) groups is 1. The molecule has 1 amide bonds. The molecule has 0 spiro atoms. The maximum Gasteiger partial charge on any atom is 0.243 e. The Morgan fingerprint density at radius 2 is 2.38 bits per heavy atom. The van der Waals surface area contributed by atoms with Crippen molar-refractivity contribution >= 4 is 12.1 Å². The smallest absolute Gasteiger partial charge is 0.243 e. The number of hydrogen-bond acceptors (Lipinski definition) is 3. The van der Waals surface area contributed by atoms with Gasteiger partial charge in [0.25, 0.3) is 0 Å². The molecule has 1 aliphatic rings. The van der Waals surface area contributed by atoms with E-state index in [1.54, 1.807) is 11.1 Å². The Labute approximate surface area is 96.7 Å². The van der Waals surface area contributed by atoms with Gasteiger partial charge in [0.05, 0.1) is 18.0 Å². The van der Waals surface area contributed by atoms with E-state index in [9.17, 15) is 4.79 Å². The predicted molar refractivity (Wildman–Crippen MR) is 66.2 cm³/mol. The van der Waals surface area contributed by atoms with Gasteiger partial charge in [-0.15, -0.1) is 0 Å². The second kappa shape index (κ2) is 5.61. The molecule has 0 aromatic rings. The average Bonchev–Trinajstić information content (AvgIpc) is 2.24. The Bertz CT molecular complexity index is 344. The molecule has 0 aliphatic carbocycles. The van der Waals surface area contributed by atoms with Crippen molar-refractivity contribution in [3.63, 3.8) is 0 Å². The lowest BCUT2D eigenvalue weighted by Gasteiger charge is -2.31. The minimum Gasteiger partial charge on any atom is -0.309 e. The zero-order valence-corrected chi connectivity index (χ0v) is 10.2. The molecule has 0 saturated carbocycles. The number of rotatable bonds is 3. The maximum absolute atomic E-state index is 11.9. The fraction of sp³-hybridized carbons (Fsp3) is 0.500. The van der Waals surface area contributed by atoms with E-state index in [0.717, 1.165) is 17.9 Å². The summed E-state index contributed by atoms with van der Waals surface area (Å²) in [6.07, 6.45) is 3.58. The van der Waals surface area contributed by atoms with E-state index in [0.29, 0.717) is 6.54 Å². The number of allylic oxidation sites excluding steroid dienone is 3. The monoisotopic (exact) mass is 221 g/mol. The van der Waals surface area contributed by atoms with Gasteiger partial charge in [-0.3, -0.25) is 9.79 Å². The summed E-state index contributed by atoms with van der Waals surface area (Å²) in [6, 6.07) is -0.123. The minimum absolute atomic E-state index is 0.0903. The van der Waals surface area contributed by atoms with E-state index >= 15 is 0 Å². The summed E-state index contributed by atoms with van der Waals surface area (Å²) in [5.74, 6) is 0.0903. The predicted octanol–water partition coefficient (Wildman–Crippen LogP) is 1.31. The van der Waals surface area contributed by atoms with Gasteiger partial charge in [0.1, 0.15) is 0 Å². The first kappa shape index (κ1) is 12.6. The molecule has 1 heterocycles. The number of piperazine rings is 1. The first-order valence-corrected chi connectivity index (χ1v) is 5.47. The molecule has 1 N–H and O–H groups in total. The van der Waals surface area contributed by atoms with Crippen molar-refractivity contribution in [2.24, 2.45) is 4.99 Å². The van der Waals surface area contributed by atoms with E-state index in [1.165, 1.54) is 0 Å². The van der Waals surface area contributed by atoms with Crippen LogP contribution >= 0.6 is 0 Å². The topological polar surface area (TPSA) is 44.7 Å². The van der Waals surface area contributed by atoms with Crippen LogP contribution < -0.4 is 5.32 Å². The van der Waals surface area contributed by atoms with Gasteiger partial charge < -0.3 is 10.2 Å². The van der Waals surface area contributed by atoms with Gasteiger partial charge in [0, 0.05) is 18.8 Å². The summed E-state index contributed by atoms with van der Waals surface area (Å²) in [4.78, 5) is 17.8. The van der Waals surface area contributed by atoms with Crippen LogP contribution in [0.25, 0.3) is 0 Å². The van der Waals surface area contributed by atoms with Gasteiger partial charge in [-0.2, -0.15) is 0 Å². The highest BCUT2D eigenvalue weighted by molar-refractivity contribution is 5.91. The molecule has 1 fully saturated rings. The van der Waals surface area contributed by atoms with Gasteiger partial charge in [-0.25, -0.2) is 0 Å². The lowest BCUT2D eigenvalue weighted by molar-refractivity contribution is -0.132. The molecule has 1 atom stereocenters. The van der Waals surface area contributed by atoms with Crippen LogP contribution in [-0.4, -0.2) is 36.2 Å². The van der Waals surface area contributed by atoms with E-state index < -0.39 is 0 Å². The van der Waals surface area contributed by atoms with Gasteiger partial charge >= 0.3 is 0 Å². The largest absolute Gasteiger partial charge is 0.309 e. The van der Waals surface area contributed by atoms with Crippen LogP contribution in [0.4, 0.5) is 0 Å². The highest BCUT2D eigenvalue weighted by Crippen LogP contribution is 2.09.